The standard InChI is InChI=1S/C21H18N2/c1-17(23-22-16-18-8-4-2-5-9-18)19-12-14-21(15-13-19)20-10-6-3-7-11-20/h2-16H,1H3/b22-16-,23-17-. The van der Waals surface area contributed by atoms with Crippen molar-refractivity contribution in [2.75, 3.05) is 0 Å². The van der Waals surface area contributed by atoms with Crippen LogP contribution >= 0.6 is 0 Å². The van der Waals surface area contributed by atoms with Crippen LogP contribution in [-0.2, 0) is 0 Å². The predicted molar refractivity (Wildman–Crippen MR) is 98.1 cm³/mol. The molecule has 112 valence electrons. The molecule has 0 aliphatic carbocycles. The summed E-state index contributed by atoms with van der Waals surface area (Å²) >= 11 is 0. The summed E-state index contributed by atoms with van der Waals surface area (Å²) in [5.74, 6) is 0. The molecule has 0 unspecified atom stereocenters. The molecule has 3 aromatic rings. The molecule has 3 rings (SSSR count). The van der Waals surface area contributed by atoms with Crippen molar-refractivity contribution in [3.63, 3.8) is 0 Å². The molecule has 0 radical (unpaired) electrons. The van der Waals surface area contributed by atoms with Crippen molar-refractivity contribution in [2.24, 2.45) is 10.2 Å². The molecule has 0 saturated carbocycles. The van der Waals surface area contributed by atoms with Gasteiger partial charge in [0.05, 0.1) is 11.9 Å². The summed E-state index contributed by atoms with van der Waals surface area (Å²) in [5.41, 5.74) is 5.45. The molecule has 3 aromatic carbocycles. The van der Waals surface area contributed by atoms with Gasteiger partial charge in [0, 0.05) is 0 Å². The van der Waals surface area contributed by atoms with Crippen molar-refractivity contribution in [1.82, 2.24) is 0 Å². The Morgan fingerprint density at radius 3 is 1.91 bits per heavy atom. The quantitative estimate of drug-likeness (QED) is 0.467. The van der Waals surface area contributed by atoms with Gasteiger partial charge in [0.2, 0.25) is 0 Å². The summed E-state index contributed by atoms with van der Waals surface area (Å²) in [5, 5.41) is 8.44. The van der Waals surface area contributed by atoms with Gasteiger partial charge in [0.1, 0.15) is 0 Å². The highest BCUT2D eigenvalue weighted by Crippen LogP contribution is 2.19. The van der Waals surface area contributed by atoms with Gasteiger partial charge in [0.25, 0.3) is 0 Å². The number of nitrogens with zero attached hydrogens (tertiary/aromatic N) is 2. The van der Waals surface area contributed by atoms with Crippen LogP contribution in [-0.4, -0.2) is 11.9 Å². The zero-order chi connectivity index (χ0) is 15.9. The van der Waals surface area contributed by atoms with Crippen molar-refractivity contribution >= 4 is 11.9 Å². The van der Waals surface area contributed by atoms with E-state index in [9.17, 15) is 0 Å². The number of hydrogen-bond acceptors (Lipinski definition) is 2. The van der Waals surface area contributed by atoms with Gasteiger partial charge in [-0.05, 0) is 29.2 Å². The second-order valence-electron chi connectivity index (χ2n) is 5.28. The highest BCUT2D eigenvalue weighted by molar-refractivity contribution is 5.99. The van der Waals surface area contributed by atoms with Crippen molar-refractivity contribution in [3.8, 4) is 11.1 Å². The Balaban J connectivity index is 1.74. The Hall–Kier alpha value is -3.00. The molecule has 0 aliphatic heterocycles. The van der Waals surface area contributed by atoms with Crippen LogP contribution in [0.25, 0.3) is 11.1 Å². The molecule has 0 N–H and O–H groups in total. The van der Waals surface area contributed by atoms with Crippen LogP contribution < -0.4 is 0 Å². The van der Waals surface area contributed by atoms with Gasteiger partial charge in [0.15, 0.2) is 0 Å². The topological polar surface area (TPSA) is 24.7 Å². The fraction of sp³-hybridized carbons (Fsp3) is 0.0476. The van der Waals surface area contributed by atoms with Crippen LogP contribution in [0.3, 0.4) is 0 Å². The summed E-state index contributed by atoms with van der Waals surface area (Å²) in [6.07, 6.45) is 1.77. The summed E-state index contributed by atoms with van der Waals surface area (Å²) in [6.45, 7) is 1.97. The van der Waals surface area contributed by atoms with Gasteiger partial charge in [-0.15, -0.1) is 0 Å². The second kappa shape index (κ2) is 7.32. The summed E-state index contributed by atoms with van der Waals surface area (Å²) in [6, 6.07) is 28.7. The van der Waals surface area contributed by atoms with Gasteiger partial charge in [-0.2, -0.15) is 10.2 Å². The van der Waals surface area contributed by atoms with E-state index >= 15 is 0 Å². The largest absolute Gasteiger partial charge is 0.158 e. The first-order chi connectivity index (χ1) is 11.3. The Morgan fingerprint density at radius 2 is 1.26 bits per heavy atom. The lowest BCUT2D eigenvalue weighted by atomic mass is 10.0. The van der Waals surface area contributed by atoms with E-state index in [-0.39, 0.29) is 0 Å². The molecule has 0 spiro atoms. The fourth-order valence-corrected chi connectivity index (χ4v) is 2.31. The first-order valence-electron chi connectivity index (χ1n) is 7.61. The summed E-state index contributed by atoms with van der Waals surface area (Å²) < 4.78 is 0. The zero-order valence-corrected chi connectivity index (χ0v) is 13.1. The smallest absolute Gasteiger partial charge is 0.0671 e. The molecule has 0 saturated heterocycles. The third kappa shape index (κ3) is 4.01. The molecule has 0 heterocycles. The predicted octanol–water partition coefficient (Wildman–Crippen LogP) is 5.20. The van der Waals surface area contributed by atoms with E-state index in [0.717, 1.165) is 16.8 Å². The lowest BCUT2D eigenvalue weighted by molar-refractivity contribution is 1.24. The number of hydrogen-bond donors (Lipinski definition) is 0. The minimum Gasteiger partial charge on any atom is -0.158 e. The Bertz CT molecular complexity index is 801. The SMILES string of the molecule is C/C(=N/N=C\c1ccccc1)c1ccc(-c2ccccc2)cc1. The first-order valence-corrected chi connectivity index (χ1v) is 7.61. The molecular formula is C21H18N2. The van der Waals surface area contributed by atoms with Crippen molar-refractivity contribution in [3.05, 3.63) is 96.1 Å². The zero-order valence-electron chi connectivity index (χ0n) is 13.1. The molecule has 2 heteroatoms. The van der Waals surface area contributed by atoms with Crippen LogP contribution in [0.1, 0.15) is 18.1 Å². The Morgan fingerprint density at radius 1 is 0.696 bits per heavy atom. The highest BCUT2D eigenvalue weighted by Gasteiger charge is 1.99. The molecule has 0 bridgehead atoms. The van der Waals surface area contributed by atoms with Gasteiger partial charge in [-0.1, -0.05) is 84.9 Å². The molecule has 0 aromatic heterocycles. The Kier molecular flexibility index (Phi) is 4.75. The minimum absolute atomic E-state index is 0.900. The lowest BCUT2D eigenvalue weighted by Crippen LogP contribution is -1.93. The first kappa shape index (κ1) is 14.9. The third-order valence-electron chi connectivity index (χ3n) is 3.62. The van der Waals surface area contributed by atoms with Crippen LogP contribution in [0.15, 0.2) is 95.1 Å². The van der Waals surface area contributed by atoms with E-state index < -0.39 is 0 Å². The molecule has 0 amide bonds. The van der Waals surface area contributed by atoms with E-state index in [4.69, 9.17) is 0 Å². The number of rotatable bonds is 4. The van der Waals surface area contributed by atoms with Gasteiger partial charge in [-0.25, -0.2) is 0 Å². The van der Waals surface area contributed by atoms with E-state index in [1.165, 1.54) is 11.1 Å². The number of benzene rings is 3. The van der Waals surface area contributed by atoms with E-state index in [1.807, 2.05) is 55.5 Å². The van der Waals surface area contributed by atoms with E-state index in [1.54, 1.807) is 6.21 Å². The van der Waals surface area contributed by atoms with Crippen molar-refractivity contribution in [1.29, 1.82) is 0 Å². The molecule has 2 nitrogen and oxygen atoms in total. The second-order valence-corrected chi connectivity index (χ2v) is 5.28. The van der Waals surface area contributed by atoms with Crippen LogP contribution in [0.5, 0.6) is 0 Å². The van der Waals surface area contributed by atoms with Gasteiger partial charge in [-0.3, -0.25) is 0 Å². The third-order valence-corrected chi connectivity index (χ3v) is 3.62. The van der Waals surface area contributed by atoms with E-state index in [0.29, 0.717) is 0 Å². The summed E-state index contributed by atoms with van der Waals surface area (Å²) in [4.78, 5) is 0. The molecule has 0 aliphatic rings. The minimum atomic E-state index is 0.900. The maximum atomic E-state index is 4.28. The molecular weight excluding hydrogens is 280 g/mol. The average Bonchev–Trinajstić information content (AvgIpc) is 2.63. The van der Waals surface area contributed by atoms with Crippen LogP contribution in [0, 0.1) is 0 Å². The normalized spacial score (nSPS) is 11.8. The lowest BCUT2D eigenvalue weighted by Gasteiger charge is -2.03. The average molecular weight is 298 g/mol. The van der Waals surface area contributed by atoms with Crippen molar-refractivity contribution in [2.45, 2.75) is 6.92 Å². The maximum absolute atomic E-state index is 4.28. The monoisotopic (exact) mass is 298 g/mol. The Labute approximate surface area is 136 Å². The van der Waals surface area contributed by atoms with Crippen LogP contribution in [0.2, 0.25) is 0 Å². The molecule has 0 fully saturated rings. The molecule has 23 heavy (non-hydrogen) atoms. The van der Waals surface area contributed by atoms with Crippen molar-refractivity contribution < 1.29 is 0 Å². The summed E-state index contributed by atoms with van der Waals surface area (Å²) in [7, 11) is 0. The molecule has 0 atom stereocenters. The van der Waals surface area contributed by atoms with Gasteiger partial charge < -0.3 is 0 Å². The van der Waals surface area contributed by atoms with Crippen LogP contribution in [0.4, 0.5) is 0 Å². The highest BCUT2D eigenvalue weighted by atomic mass is 15.2. The van der Waals surface area contributed by atoms with E-state index in [2.05, 4.69) is 46.6 Å². The maximum Gasteiger partial charge on any atom is 0.0671 e. The van der Waals surface area contributed by atoms with Gasteiger partial charge >= 0.3 is 0 Å². The fourth-order valence-electron chi connectivity index (χ4n) is 2.31.